The summed E-state index contributed by atoms with van der Waals surface area (Å²) in [4.78, 5) is 11.5. The first-order valence-electron chi connectivity index (χ1n) is 5.58. The predicted octanol–water partition coefficient (Wildman–Crippen LogP) is 3.66. The van der Waals surface area contributed by atoms with Gasteiger partial charge in [-0.3, -0.25) is 0 Å². The molecule has 0 aliphatic heterocycles. The maximum atomic E-state index is 11.5. The first-order chi connectivity index (χ1) is 9.13. The second-order valence-electron chi connectivity index (χ2n) is 3.80. The highest BCUT2D eigenvalue weighted by Gasteiger charge is 2.00. The van der Waals surface area contributed by atoms with Crippen LogP contribution in [0.2, 0.25) is 5.02 Å². The van der Waals surface area contributed by atoms with Gasteiger partial charge >= 0.3 is 5.97 Å². The lowest BCUT2D eigenvalue weighted by Gasteiger charge is -2.00. The molecule has 2 aromatic carbocycles. The standard InChI is InChI=1S/C15H11ClO3/c16-12-4-8-14(9-5-12)19-15(18)10-3-11-1-6-13(17)7-2-11/h1-10,17H/b10-3+. The fraction of sp³-hybridized carbons (Fsp3) is 0. The lowest BCUT2D eigenvalue weighted by Crippen LogP contribution is -2.03. The maximum absolute atomic E-state index is 11.5. The van der Waals surface area contributed by atoms with Crippen LogP contribution in [0.1, 0.15) is 5.56 Å². The number of benzene rings is 2. The molecule has 96 valence electrons. The van der Waals surface area contributed by atoms with E-state index in [-0.39, 0.29) is 5.75 Å². The van der Waals surface area contributed by atoms with Crippen molar-refractivity contribution in [2.45, 2.75) is 0 Å². The summed E-state index contributed by atoms with van der Waals surface area (Å²) in [6.45, 7) is 0. The van der Waals surface area contributed by atoms with Gasteiger partial charge in [0.2, 0.25) is 0 Å². The van der Waals surface area contributed by atoms with Crippen molar-refractivity contribution in [1.82, 2.24) is 0 Å². The van der Waals surface area contributed by atoms with Crippen molar-refractivity contribution in [2.24, 2.45) is 0 Å². The molecule has 19 heavy (non-hydrogen) atoms. The van der Waals surface area contributed by atoms with Crippen LogP contribution >= 0.6 is 11.6 Å². The largest absolute Gasteiger partial charge is 0.508 e. The van der Waals surface area contributed by atoms with Crippen LogP contribution in [-0.2, 0) is 4.79 Å². The second kappa shape index (κ2) is 6.07. The van der Waals surface area contributed by atoms with Gasteiger partial charge in [-0.25, -0.2) is 4.79 Å². The molecule has 0 atom stereocenters. The van der Waals surface area contributed by atoms with Crippen LogP contribution in [0.4, 0.5) is 0 Å². The normalized spacial score (nSPS) is 10.6. The zero-order chi connectivity index (χ0) is 13.7. The van der Waals surface area contributed by atoms with Crippen LogP contribution in [0, 0.1) is 0 Å². The summed E-state index contributed by atoms with van der Waals surface area (Å²) < 4.78 is 5.08. The van der Waals surface area contributed by atoms with Gasteiger partial charge in [-0.15, -0.1) is 0 Å². The van der Waals surface area contributed by atoms with Gasteiger partial charge in [0.05, 0.1) is 0 Å². The van der Waals surface area contributed by atoms with Gasteiger partial charge in [0.15, 0.2) is 0 Å². The van der Waals surface area contributed by atoms with Crippen molar-refractivity contribution < 1.29 is 14.6 Å². The Balaban J connectivity index is 1.97. The molecule has 0 bridgehead atoms. The van der Waals surface area contributed by atoms with E-state index in [0.29, 0.717) is 10.8 Å². The van der Waals surface area contributed by atoms with E-state index in [9.17, 15) is 4.79 Å². The van der Waals surface area contributed by atoms with Gasteiger partial charge < -0.3 is 9.84 Å². The van der Waals surface area contributed by atoms with E-state index in [1.54, 1.807) is 54.6 Å². The van der Waals surface area contributed by atoms with Crippen LogP contribution in [0.15, 0.2) is 54.6 Å². The van der Waals surface area contributed by atoms with E-state index in [0.717, 1.165) is 5.56 Å². The molecular formula is C15H11ClO3. The fourth-order valence-corrected chi connectivity index (χ4v) is 1.53. The number of hydrogen-bond acceptors (Lipinski definition) is 3. The van der Waals surface area contributed by atoms with Gasteiger partial charge in [0.1, 0.15) is 11.5 Å². The smallest absolute Gasteiger partial charge is 0.336 e. The molecule has 0 heterocycles. The molecule has 2 aromatic rings. The third kappa shape index (κ3) is 4.16. The Kier molecular flexibility index (Phi) is 4.21. The zero-order valence-corrected chi connectivity index (χ0v) is 10.7. The Morgan fingerprint density at radius 2 is 1.68 bits per heavy atom. The monoisotopic (exact) mass is 274 g/mol. The second-order valence-corrected chi connectivity index (χ2v) is 4.24. The van der Waals surface area contributed by atoms with Crippen LogP contribution < -0.4 is 4.74 Å². The quantitative estimate of drug-likeness (QED) is 0.528. The van der Waals surface area contributed by atoms with Crippen molar-refractivity contribution in [3.63, 3.8) is 0 Å². The molecule has 0 spiro atoms. The van der Waals surface area contributed by atoms with E-state index in [1.165, 1.54) is 6.08 Å². The molecule has 2 rings (SSSR count). The average molecular weight is 275 g/mol. The number of hydrogen-bond donors (Lipinski definition) is 1. The van der Waals surface area contributed by atoms with E-state index >= 15 is 0 Å². The first kappa shape index (κ1) is 13.2. The third-order valence-corrected chi connectivity index (χ3v) is 2.59. The maximum Gasteiger partial charge on any atom is 0.336 e. The average Bonchev–Trinajstić information content (AvgIpc) is 2.41. The molecule has 0 saturated carbocycles. The SMILES string of the molecule is O=C(/C=C/c1ccc(O)cc1)Oc1ccc(Cl)cc1. The Morgan fingerprint density at radius 1 is 1.05 bits per heavy atom. The zero-order valence-electron chi connectivity index (χ0n) is 9.92. The number of rotatable bonds is 3. The number of ether oxygens (including phenoxy) is 1. The van der Waals surface area contributed by atoms with Gasteiger partial charge in [-0.2, -0.15) is 0 Å². The van der Waals surface area contributed by atoms with E-state index in [4.69, 9.17) is 21.4 Å². The summed E-state index contributed by atoms with van der Waals surface area (Å²) >= 11 is 5.73. The fourth-order valence-electron chi connectivity index (χ4n) is 1.40. The molecule has 3 nitrogen and oxygen atoms in total. The third-order valence-electron chi connectivity index (χ3n) is 2.34. The molecule has 0 saturated heterocycles. The molecule has 4 heteroatoms. The minimum absolute atomic E-state index is 0.181. The van der Waals surface area contributed by atoms with Crippen molar-refractivity contribution in [2.75, 3.05) is 0 Å². The molecule has 0 aliphatic rings. The molecule has 1 N–H and O–H groups in total. The molecule has 0 aromatic heterocycles. The highest BCUT2D eigenvalue weighted by Crippen LogP contribution is 2.16. The van der Waals surface area contributed by atoms with Crippen LogP contribution in [0.5, 0.6) is 11.5 Å². The van der Waals surface area contributed by atoms with Gasteiger partial charge in [-0.05, 0) is 48.0 Å². The number of carbonyl (C=O) groups excluding carboxylic acids is 1. The summed E-state index contributed by atoms with van der Waals surface area (Å²) in [6, 6.07) is 13.0. The minimum Gasteiger partial charge on any atom is -0.508 e. The predicted molar refractivity (Wildman–Crippen MR) is 74.2 cm³/mol. The summed E-state index contributed by atoms with van der Waals surface area (Å²) in [6.07, 6.45) is 2.93. The van der Waals surface area contributed by atoms with Gasteiger partial charge in [0.25, 0.3) is 0 Å². The topological polar surface area (TPSA) is 46.5 Å². The van der Waals surface area contributed by atoms with Crippen molar-refractivity contribution in [3.05, 3.63) is 65.2 Å². The molecule has 0 amide bonds. The van der Waals surface area contributed by atoms with E-state index < -0.39 is 5.97 Å². The Hall–Kier alpha value is -2.26. The number of esters is 1. The summed E-state index contributed by atoms with van der Waals surface area (Å²) in [7, 11) is 0. The first-order valence-corrected chi connectivity index (χ1v) is 5.96. The Morgan fingerprint density at radius 3 is 2.32 bits per heavy atom. The van der Waals surface area contributed by atoms with Crippen LogP contribution in [0.25, 0.3) is 6.08 Å². The number of phenols is 1. The highest BCUT2D eigenvalue weighted by atomic mass is 35.5. The summed E-state index contributed by atoms with van der Waals surface area (Å²) in [5.74, 6) is 0.140. The van der Waals surface area contributed by atoms with Crippen molar-refractivity contribution in [1.29, 1.82) is 0 Å². The Bertz CT molecular complexity index is 586. The van der Waals surface area contributed by atoms with E-state index in [2.05, 4.69) is 0 Å². The summed E-state index contributed by atoms with van der Waals surface area (Å²) in [5, 5.41) is 9.71. The minimum atomic E-state index is -0.476. The molecule has 0 fully saturated rings. The molecule has 0 radical (unpaired) electrons. The number of aromatic hydroxyl groups is 1. The number of carbonyl (C=O) groups is 1. The number of halogens is 1. The summed E-state index contributed by atoms with van der Waals surface area (Å²) in [5.41, 5.74) is 0.797. The van der Waals surface area contributed by atoms with Crippen LogP contribution in [-0.4, -0.2) is 11.1 Å². The van der Waals surface area contributed by atoms with E-state index in [1.807, 2.05) is 0 Å². The molecule has 0 unspecified atom stereocenters. The van der Waals surface area contributed by atoms with Crippen LogP contribution in [0.3, 0.4) is 0 Å². The highest BCUT2D eigenvalue weighted by molar-refractivity contribution is 6.30. The van der Waals surface area contributed by atoms with Gasteiger partial charge in [-0.1, -0.05) is 23.7 Å². The Labute approximate surface area is 115 Å². The lowest BCUT2D eigenvalue weighted by molar-refractivity contribution is -0.128. The van der Waals surface area contributed by atoms with Gasteiger partial charge in [0, 0.05) is 11.1 Å². The molecule has 0 aliphatic carbocycles. The lowest BCUT2D eigenvalue weighted by atomic mass is 10.2. The van der Waals surface area contributed by atoms with Crippen molar-refractivity contribution in [3.8, 4) is 11.5 Å². The molecular weight excluding hydrogens is 264 g/mol. The van der Waals surface area contributed by atoms with Crippen molar-refractivity contribution >= 4 is 23.6 Å². The number of phenolic OH excluding ortho intramolecular Hbond substituents is 1.